The molecule has 0 bridgehead atoms. The van der Waals surface area contributed by atoms with Crippen LogP contribution in [0.5, 0.6) is 0 Å². The summed E-state index contributed by atoms with van der Waals surface area (Å²) in [4.78, 5) is 18.8. The molecule has 0 spiro atoms. The number of hydrogen-bond acceptors (Lipinski definition) is 4. The predicted octanol–water partition coefficient (Wildman–Crippen LogP) is 1.44. The first-order valence-corrected chi connectivity index (χ1v) is 6.23. The maximum atomic E-state index is 10.9. The minimum absolute atomic E-state index is 0.138. The Balaban J connectivity index is 2.20. The van der Waals surface area contributed by atoms with Crippen LogP contribution in [0.4, 0.5) is 4.79 Å². The highest BCUT2D eigenvalue weighted by Gasteiger charge is 2.27. The van der Waals surface area contributed by atoms with E-state index in [0.29, 0.717) is 5.69 Å². The fraction of sp³-hybridized carbons (Fsp3) is 0.545. The van der Waals surface area contributed by atoms with Gasteiger partial charge in [0, 0.05) is 6.20 Å². The van der Waals surface area contributed by atoms with Gasteiger partial charge in [0.2, 0.25) is 5.28 Å². The van der Waals surface area contributed by atoms with Crippen LogP contribution in [0.2, 0.25) is 5.28 Å². The van der Waals surface area contributed by atoms with E-state index in [0.717, 1.165) is 25.9 Å². The molecular weight excluding hydrogens is 256 g/mol. The zero-order valence-corrected chi connectivity index (χ0v) is 10.5. The third kappa shape index (κ3) is 3.30. The molecule has 3 N–H and O–H groups in total. The Hall–Kier alpha value is -1.40. The average Bonchev–Trinajstić information content (AvgIpc) is 2.37. The molecule has 1 amide bonds. The smallest absolute Gasteiger partial charge is 0.405 e. The van der Waals surface area contributed by atoms with Gasteiger partial charge in [0.15, 0.2) is 0 Å². The van der Waals surface area contributed by atoms with Crippen LogP contribution < -0.4 is 10.6 Å². The second-order valence-electron chi connectivity index (χ2n) is 4.27. The van der Waals surface area contributed by atoms with Gasteiger partial charge < -0.3 is 15.7 Å². The molecule has 1 aromatic rings. The molecular formula is C11H15ClN4O2. The van der Waals surface area contributed by atoms with Gasteiger partial charge in [-0.15, -0.1) is 0 Å². The Morgan fingerprint density at radius 2 is 2.28 bits per heavy atom. The van der Waals surface area contributed by atoms with E-state index in [1.807, 2.05) is 0 Å². The number of carbonyl (C=O) groups is 1. The molecule has 1 unspecified atom stereocenters. The number of rotatable bonds is 3. The lowest BCUT2D eigenvalue weighted by Gasteiger charge is -2.30. The summed E-state index contributed by atoms with van der Waals surface area (Å²) >= 11 is 5.75. The summed E-state index contributed by atoms with van der Waals surface area (Å²) in [6.07, 6.45) is 2.31. The molecule has 1 saturated heterocycles. The molecule has 0 aliphatic carbocycles. The minimum atomic E-state index is -1.05. The molecule has 1 aliphatic heterocycles. The Kier molecular flexibility index (Phi) is 4.33. The summed E-state index contributed by atoms with van der Waals surface area (Å²) < 4.78 is 0. The zero-order chi connectivity index (χ0) is 13.0. The van der Waals surface area contributed by atoms with Gasteiger partial charge in [0.1, 0.15) is 0 Å². The quantitative estimate of drug-likeness (QED) is 0.724. The first kappa shape index (κ1) is 13.0. The number of nitrogens with zero attached hydrogens (tertiary/aromatic N) is 2. The van der Waals surface area contributed by atoms with Crippen LogP contribution in [-0.4, -0.2) is 34.3 Å². The number of nitrogens with one attached hydrogen (secondary N) is 2. The molecule has 1 fully saturated rings. The van der Waals surface area contributed by atoms with Crippen molar-refractivity contribution in [1.29, 1.82) is 0 Å². The summed E-state index contributed by atoms with van der Waals surface area (Å²) in [5.74, 6) is 0.230. The summed E-state index contributed by atoms with van der Waals surface area (Å²) in [7, 11) is 0. The fourth-order valence-electron chi connectivity index (χ4n) is 2.26. The molecule has 0 aromatic carbocycles. The lowest BCUT2D eigenvalue weighted by Crippen LogP contribution is -2.38. The standard InChI is InChI=1S/C11H15ClN4O2/c12-10-14-6-3-8(15-10)9(16-11(17)18)7-1-4-13-5-2-7/h3,6-7,9,13,16H,1-2,4-5H2,(H,17,18). The third-order valence-corrected chi connectivity index (χ3v) is 3.28. The van der Waals surface area contributed by atoms with Crippen LogP contribution in [0.1, 0.15) is 24.6 Å². The van der Waals surface area contributed by atoms with E-state index >= 15 is 0 Å². The third-order valence-electron chi connectivity index (χ3n) is 3.10. The largest absolute Gasteiger partial charge is 0.465 e. The van der Waals surface area contributed by atoms with Gasteiger partial charge in [-0.05, 0) is 49.5 Å². The number of aromatic nitrogens is 2. The highest BCUT2D eigenvalue weighted by Crippen LogP contribution is 2.28. The minimum Gasteiger partial charge on any atom is -0.465 e. The number of piperidine rings is 1. The van der Waals surface area contributed by atoms with Gasteiger partial charge in [0.05, 0.1) is 11.7 Å². The normalized spacial score (nSPS) is 18.3. The van der Waals surface area contributed by atoms with Crippen LogP contribution in [0, 0.1) is 5.92 Å². The summed E-state index contributed by atoms with van der Waals surface area (Å²) in [5, 5.41) is 14.9. The number of amides is 1. The van der Waals surface area contributed by atoms with Crippen molar-refractivity contribution in [3.05, 3.63) is 23.2 Å². The van der Waals surface area contributed by atoms with Crippen molar-refractivity contribution in [1.82, 2.24) is 20.6 Å². The number of halogens is 1. The number of hydrogen-bond donors (Lipinski definition) is 3. The van der Waals surface area contributed by atoms with Gasteiger partial charge in [-0.1, -0.05) is 0 Å². The Labute approximate surface area is 110 Å². The Bertz CT molecular complexity index is 423. The highest BCUT2D eigenvalue weighted by atomic mass is 35.5. The van der Waals surface area contributed by atoms with Crippen molar-refractivity contribution >= 4 is 17.7 Å². The van der Waals surface area contributed by atoms with E-state index in [1.54, 1.807) is 12.3 Å². The van der Waals surface area contributed by atoms with Crippen molar-refractivity contribution in [3.8, 4) is 0 Å². The summed E-state index contributed by atoms with van der Waals surface area (Å²) in [6, 6.07) is 1.37. The van der Waals surface area contributed by atoms with Crippen molar-refractivity contribution < 1.29 is 9.90 Å². The zero-order valence-electron chi connectivity index (χ0n) is 9.77. The molecule has 0 saturated carbocycles. The van der Waals surface area contributed by atoms with Crippen LogP contribution in [0.25, 0.3) is 0 Å². The molecule has 0 radical (unpaired) electrons. The molecule has 1 aromatic heterocycles. The first-order chi connectivity index (χ1) is 8.66. The van der Waals surface area contributed by atoms with E-state index in [-0.39, 0.29) is 17.2 Å². The van der Waals surface area contributed by atoms with E-state index in [9.17, 15) is 4.79 Å². The predicted molar refractivity (Wildman–Crippen MR) is 66.5 cm³/mol. The molecule has 6 nitrogen and oxygen atoms in total. The maximum absolute atomic E-state index is 10.9. The van der Waals surface area contributed by atoms with Crippen molar-refractivity contribution in [2.45, 2.75) is 18.9 Å². The van der Waals surface area contributed by atoms with Crippen molar-refractivity contribution in [2.24, 2.45) is 5.92 Å². The van der Waals surface area contributed by atoms with Crippen LogP contribution >= 0.6 is 11.6 Å². The Morgan fingerprint density at radius 3 is 2.89 bits per heavy atom. The van der Waals surface area contributed by atoms with Crippen LogP contribution in [0.15, 0.2) is 12.3 Å². The van der Waals surface area contributed by atoms with E-state index in [1.165, 1.54) is 0 Å². The highest BCUT2D eigenvalue weighted by molar-refractivity contribution is 6.28. The number of carboxylic acid groups (broad SMARTS) is 1. The molecule has 7 heteroatoms. The maximum Gasteiger partial charge on any atom is 0.405 e. The Morgan fingerprint density at radius 1 is 1.56 bits per heavy atom. The molecule has 18 heavy (non-hydrogen) atoms. The first-order valence-electron chi connectivity index (χ1n) is 5.85. The van der Waals surface area contributed by atoms with E-state index in [4.69, 9.17) is 16.7 Å². The molecule has 2 heterocycles. The SMILES string of the molecule is O=C(O)NC(c1ccnc(Cl)n1)C1CCNCC1. The molecule has 2 rings (SSSR count). The second kappa shape index (κ2) is 5.97. The second-order valence-corrected chi connectivity index (χ2v) is 4.60. The fourth-order valence-corrected chi connectivity index (χ4v) is 2.42. The molecule has 1 aliphatic rings. The lowest BCUT2D eigenvalue weighted by atomic mass is 9.88. The van der Waals surface area contributed by atoms with Crippen molar-refractivity contribution in [3.63, 3.8) is 0 Å². The van der Waals surface area contributed by atoms with Gasteiger partial charge in [-0.2, -0.15) is 0 Å². The van der Waals surface area contributed by atoms with Gasteiger partial charge in [0.25, 0.3) is 0 Å². The molecule has 1 atom stereocenters. The van der Waals surface area contributed by atoms with Gasteiger partial charge >= 0.3 is 6.09 Å². The lowest BCUT2D eigenvalue weighted by molar-refractivity contribution is 0.179. The van der Waals surface area contributed by atoms with E-state index < -0.39 is 6.09 Å². The molecule has 98 valence electrons. The van der Waals surface area contributed by atoms with Gasteiger partial charge in [-0.3, -0.25) is 0 Å². The van der Waals surface area contributed by atoms with Crippen LogP contribution in [-0.2, 0) is 0 Å². The topological polar surface area (TPSA) is 87.1 Å². The monoisotopic (exact) mass is 270 g/mol. The average molecular weight is 271 g/mol. The summed E-state index contributed by atoms with van der Waals surface area (Å²) in [5.41, 5.74) is 0.629. The van der Waals surface area contributed by atoms with Crippen LogP contribution in [0.3, 0.4) is 0 Å². The van der Waals surface area contributed by atoms with Gasteiger partial charge in [-0.25, -0.2) is 14.8 Å². The van der Waals surface area contributed by atoms with E-state index in [2.05, 4.69) is 20.6 Å². The summed E-state index contributed by atoms with van der Waals surface area (Å²) in [6.45, 7) is 1.78. The van der Waals surface area contributed by atoms with Crippen molar-refractivity contribution in [2.75, 3.05) is 13.1 Å².